The van der Waals surface area contributed by atoms with Crippen LogP contribution in [-0.4, -0.2) is 13.1 Å². The van der Waals surface area contributed by atoms with Crippen LogP contribution in [-0.2, 0) is 11.3 Å². The summed E-state index contributed by atoms with van der Waals surface area (Å²) in [6.45, 7) is 0.188. The summed E-state index contributed by atoms with van der Waals surface area (Å²) in [4.78, 5) is 12.1. The first-order chi connectivity index (χ1) is 9.60. The van der Waals surface area contributed by atoms with Crippen LogP contribution in [0.2, 0.25) is 5.02 Å². The SMILES string of the molecule is COc1cc2c(cc1Cl)-c1ccc(N)cc1COC2=O. The molecule has 0 bridgehead atoms. The molecule has 2 aromatic rings. The van der Waals surface area contributed by atoms with Crippen molar-refractivity contribution < 1.29 is 14.3 Å². The second-order valence-electron chi connectivity index (χ2n) is 4.53. The minimum atomic E-state index is -0.398. The predicted octanol–water partition coefficient (Wildman–Crippen LogP) is 3.27. The normalized spacial score (nSPS) is 13.0. The van der Waals surface area contributed by atoms with Crippen molar-refractivity contribution in [2.45, 2.75) is 6.61 Å². The van der Waals surface area contributed by atoms with Gasteiger partial charge in [0, 0.05) is 5.69 Å². The maximum absolute atomic E-state index is 12.1. The monoisotopic (exact) mass is 289 g/mol. The number of benzene rings is 2. The van der Waals surface area contributed by atoms with Crippen molar-refractivity contribution in [1.29, 1.82) is 0 Å². The van der Waals surface area contributed by atoms with Gasteiger partial charge in [-0.1, -0.05) is 17.7 Å². The highest BCUT2D eigenvalue weighted by Gasteiger charge is 2.23. The maximum Gasteiger partial charge on any atom is 0.339 e. The lowest BCUT2D eigenvalue weighted by atomic mass is 9.96. The minimum absolute atomic E-state index is 0.188. The number of ether oxygens (including phenoxy) is 2. The maximum atomic E-state index is 12.1. The highest BCUT2D eigenvalue weighted by Crippen LogP contribution is 2.38. The van der Waals surface area contributed by atoms with Crippen molar-refractivity contribution >= 4 is 23.3 Å². The molecule has 2 aromatic carbocycles. The number of halogens is 1. The van der Waals surface area contributed by atoms with Crippen LogP contribution in [0.1, 0.15) is 15.9 Å². The molecular weight excluding hydrogens is 278 g/mol. The minimum Gasteiger partial charge on any atom is -0.495 e. The molecule has 3 rings (SSSR count). The average molecular weight is 290 g/mol. The molecular formula is C15H12ClNO3. The van der Waals surface area contributed by atoms with E-state index in [1.807, 2.05) is 6.07 Å². The lowest BCUT2D eigenvalue weighted by Crippen LogP contribution is -2.03. The number of methoxy groups -OCH3 is 1. The van der Waals surface area contributed by atoms with Crippen LogP contribution in [0.5, 0.6) is 5.75 Å². The molecule has 20 heavy (non-hydrogen) atoms. The molecule has 0 aromatic heterocycles. The van der Waals surface area contributed by atoms with E-state index in [0.717, 1.165) is 16.7 Å². The van der Waals surface area contributed by atoms with Crippen molar-refractivity contribution in [2.24, 2.45) is 0 Å². The van der Waals surface area contributed by atoms with E-state index in [4.69, 9.17) is 26.8 Å². The Hall–Kier alpha value is -2.20. The van der Waals surface area contributed by atoms with Gasteiger partial charge in [-0.25, -0.2) is 4.79 Å². The third-order valence-electron chi connectivity index (χ3n) is 3.29. The number of cyclic esters (lactones) is 1. The molecule has 0 aliphatic carbocycles. The Kier molecular flexibility index (Phi) is 3.03. The Morgan fingerprint density at radius 1 is 1.20 bits per heavy atom. The highest BCUT2D eigenvalue weighted by atomic mass is 35.5. The summed E-state index contributed by atoms with van der Waals surface area (Å²) in [5, 5.41) is 0.448. The number of hydrogen-bond donors (Lipinski definition) is 1. The number of fused-ring (bicyclic) bond motifs is 3. The smallest absolute Gasteiger partial charge is 0.339 e. The Labute approximate surface area is 121 Å². The Balaban J connectivity index is 2.30. The van der Waals surface area contributed by atoms with E-state index in [9.17, 15) is 4.79 Å². The number of carbonyl (C=O) groups excluding carboxylic acids is 1. The number of esters is 1. The Morgan fingerprint density at radius 3 is 2.75 bits per heavy atom. The molecule has 0 saturated heterocycles. The molecule has 0 saturated carbocycles. The first-order valence-electron chi connectivity index (χ1n) is 6.03. The number of hydrogen-bond acceptors (Lipinski definition) is 4. The third-order valence-corrected chi connectivity index (χ3v) is 3.59. The molecule has 0 radical (unpaired) electrons. The molecule has 0 fully saturated rings. The first-order valence-corrected chi connectivity index (χ1v) is 6.41. The lowest BCUT2D eigenvalue weighted by Gasteiger charge is -2.11. The number of carbonyl (C=O) groups is 1. The van der Waals surface area contributed by atoms with E-state index in [1.54, 1.807) is 24.3 Å². The fourth-order valence-electron chi connectivity index (χ4n) is 2.32. The summed E-state index contributed by atoms with van der Waals surface area (Å²) in [6.07, 6.45) is 0. The molecule has 102 valence electrons. The summed E-state index contributed by atoms with van der Waals surface area (Å²) in [7, 11) is 1.50. The van der Waals surface area contributed by atoms with Crippen LogP contribution in [0.25, 0.3) is 11.1 Å². The number of nitrogen functional groups attached to an aromatic ring is 1. The summed E-state index contributed by atoms with van der Waals surface area (Å²) < 4.78 is 10.4. The van der Waals surface area contributed by atoms with E-state index >= 15 is 0 Å². The van der Waals surface area contributed by atoms with Crippen LogP contribution >= 0.6 is 11.6 Å². The predicted molar refractivity (Wildman–Crippen MR) is 77.0 cm³/mol. The molecule has 4 nitrogen and oxygen atoms in total. The summed E-state index contributed by atoms with van der Waals surface area (Å²) in [5.74, 6) is 0.0472. The van der Waals surface area contributed by atoms with Crippen LogP contribution in [0.4, 0.5) is 5.69 Å². The van der Waals surface area contributed by atoms with Crippen LogP contribution in [0, 0.1) is 0 Å². The van der Waals surface area contributed by atoms with Crippen molar-refractivity contribution in [3.8, 4) is 16.9 Å². The fourth-order valence-corrected chi connectivity index (χ4v) is 2.56. The standard InChI is InChI=1S/C15H12ClNO3/c1-19-14-6-12-11(5-13(14)16)10-3-2-9(17)4-8(10)7-20-15(12)18/h2-6H,7,17H2,1H3. The summed E-state index contributed by atoms with van der Waals surface area (Å²) >= 11 is 6.16. The Morgan fingerprint density at radius 2 is 2.00 bits per heavy atom. The molecule has 2 N–H and O–H groups in total. The van der Waals surface area contributed by atoms with Gasteiger partial charge in [0.1, 0.15) is 12.4 Å². The zero-order valence-corrected chi connectivity index (χ0v) is 11.5. The molecule has 1 heterocycles. The van der Waals surface area contributed by atoms with Crippen molar-refractivity contribution in [1.82, 2.24) is 0 Å². The average Bonchev–Trinajstić information content (AvgIpc) is 2.56. The zero-order valence-electron chi connectivity index (χ0n) is 10.8. The van der Waals surface area contributed by atoms with Gasteiger partial charge in [0.05, 0.1) is 17.7 Å². The first kappa shape index (κ1) is 12.8. The fraction of sp³-hybridized carbons (Fsp3) is 0.133. The number of anilines is 1. The molecule has 0 unspecified atom stereocenters. The van der Waals surface area contributed by atoms with Crippen molar-refractivity contribution in [2.75, 3.05) is 12.8 Å². The third kappa shape index (κ3) is 1.98. The largest absolute Gasteiger partial charge is 0.495 e. The quantitative estimate of drug-likeness (QED) is 0.646. The highest BCUT2D eigenvalue weighted by molar-refractivity contribution is 6.32. The van der Waals surface area contributed by atoms with E-state index < -0.39 is 5.97 Å². The van der Waals surface area contributed by atoms with Gasteiger partial charge in [-0.2, -0.15) is 0 Å². The van der Waals surface area contributed by atoms with Crippen molar-refractivity contribution in [3.63, 3.8) is 0 Å². The molecule has 0 spiro atoms. The van der Waals surface area contributed by atoms with E-state index in [2.05, 4.69) is 0 Å². The molecule has 0 amide bonds. The van der Waals surface area contributed by atoms with Gasteiger partial charge in [0.2, 0.25) is 0 Å². The summed E-state index contributed by atoms with van der Waals surface area (Å²) in [5.41, 5.74) is 9.33. The topological polar surface area (TPSA) is 61.6 Å². The van der Waals surface area contributed by atoms with Gasteiger partial charge in [-0.3, -0.25) is 0 Å². The molecule has 1 aliphatic rings. The van der Waals surface area contributed by atoms with E-state index in [0.29, 0.717) is 22.0 Å². The van der Waals surface area contributed by atoms with Gasteiger partial charge in [0.15, 0.2) is 0 Å². The second kappa shape index (κ2) is 4.72. The second-order valence-corrected chi connectivity index (χ2v) is 4.93. The van der Waals surface area contributed by atoms with E-state index in [1.165, 1.54) is 7.11 Å². The van der Waals surface area contributed by atoms with Crippen LogP contribution < -0.4 is 10.5 Å². The molecule has 0 atom stereocenters. The zero-order chi connectivity index (χ0) is 14.3. The van der Waals surface area contributed by atoms with Crippen LogP contribution in [0.3, 0.4) is 0 Å². The van der Waals surface area contributed by atoms with Gasteiger partial charge < -0.3 is 15.2 Å². The molecule has 5 heteroatoms. The van der Waals surface area contributed by atoms with Gasteiger partial charge >= 0.3 is 5.97 Å². The molecule has 1 aliphatic heterocycles. The number of nitrogens with two attached hydrogens (primary N) is 1. The van der Waals surface area contributed by atoms with Gasteiger partial charge in [-0.05, 0) is 41.0 Å². The Bertz CT molecular complexity index is 713. The lowest BCUT2D eigenvalue weighted by molar-refractivity contribution is 0.0478. The van der Waals surface area contributed by atoms with Crippen molar-refractivity contribution in [3.05, 3.63) is 46.5 Å². The van der Waals surface area contributed by atoms with E-state index in [-0.39, 0.29) is 6.61 Å². The van der Waals surface area contributed by atoms with Gasteiger partial charge in [0.25, 0.3) is 0 Å². The number of rotatable bonds is 1. The summed E-state index contributed by atoms with van der Waals surface area (Å²) in [6, 6.07) is 8.78. The van der Waals surface area contributed by atoms with Gasteiger partial charge in [-0.15, -0.1) is 0 Å². The van der Waals surface area contributed by atoms with Crippen LogP contribution in [0.15, 0.2) is 30.3 Å².